The highest BCUT2D eigenvalue weighted by Crippen LogP contribution is 2.21. The topological polar surface area (TPSA) is 42.7 Å². The molecule has 0 bridgehead atoms. The van der Waals surface area contributed by atoms with E-state index in [4.69, 9.17) is 0 Å². The number of nitrogens with one attached hydrogen (secondary N) is 1. The fraction of sp³-hybridized carbons (Fsp3) is 0.467. The summed E-state index contributed by atoms with van der Waals surface area (Å²) in [4.78, 5) is 1.63. The molecule has 100 valence electrons. The second-order valence-corrected chi connectivity index (χ2v) is 5.20. The number of aromatic nitrogens is 3. The minimum Gasteiger partial charge on any atom is -0.382 e. The molecule has 1 aromatic carbocycles. The molecule has 4 heteroatoms. The van der Waals surface area contributed by atoms with E-state index in [-0.39, 0.29) is 0 Å². The van der Waals surface area contributed by atoms with Crippen LogP contribution in [0.25, 0.3) is 5.69 Å². The summed E-state index contributed by atoms with van der Waals surface area (Å²) < 4.78 is 0. The zero-order valence-corrected chi connectivity index (χ0v) is 11.1. The van der Waals surface area contributed by atoms with Gasteiger partial charge in [-0.3, -0.25) is 0 Å². The minimum atomic E-state index is 0.635. The fourth-order valence-corrected chi connectivity index (χ4v) is 2.70. The Hall–Kier alpha value is -1.84. The highest BCUT2D eigenvalue weighted by molar-refractivity contribution is 5.48. The molecule has 0 unspecified atom stereocenters. The van der Waals surface area contributed by atoms with E-state index < -0.39 is 0 Å². The SMILES string of the molecule is c1cnn(-c2ccc(NC3CCCCCC3)cc2)n1. The number of benzene rings is 1. The number of nitrogens with zero attached hydrogens (tertiary/aromatic N) is 3. The Morgan fingerprint density at radius 2 is 1.53 bits per heavy atom. The van der Waals surface area contributed by atoms with Gasteiger partial charge in [0.25, 0.3) is 0 Å². The number of hydrogen-bond acceptors (Lipinski definition) is 3. The van der Waals surface area contributed by atoms with Crippen LogP contribution in [0.1, 0.15) is 38.5 Å². The smallest absolute Gasteiger partial charge is 0.0858 e. The molecule has 1 aliphatic carbocycles. The summed E-state index contributed by atoms with van der Waals surface area (Å²) in [5, 5.41) is 11.9. The molecule has 0 atom stereocenters. The molecule has 0 saturated heterocycles. The van der Waals surface area contributed by atoms with Crippen LogP contribution in [0.15, 0.2) is 36.7 Å². The van der Waals surface area contributed by atoms with Crippen LogP contribution < -0.4 is 5.32 Å². The van der Waals surface area contributed by atoms with E-state index in [0.29, 0.717) is 6.04 Å². The second-order valence-electron chi connectivity index (χ2n) is 5.20. The Labute approximate surface area is 113 Å². The number of anilines is 1. The predicted molar refractivity (Wildman–Crippen MR) is 76.5 cm³/mol. The van der Waals surface area contributed by atoms with E-state index in [9.17, 15) is 0 Å². The molecule has 1 fully saturated rings. The van der Waals surface area contributed by atoms with Crippen LogP contribution in [0.2, 0.25) is 0 Å². The maximum absolute atomic E-state index is 4.13. The summed E-state index contributed by atoms with van der Waals surface area (Å²) in [7, 11) is 0. The van der Waals surface area contributed by atoms with E-state index in [1.807, 2.05) is 0 Å². The van der Waals surface area contributed by atoms with Crippen LogP contribution in [0.5, 0.6) is 0 Å². The monoisotopic (exact) mass is 256 g/mol. The second kappa shape index (κ2) is 5.87. The lowest BCUT2D eigenvalue weighted by molar-refractivity contribution is 0.620. The third kappa shape index (κ3) is 3.13. The average Bonchev–Trinajstić information content (AvgIpc) is 2.86. The average molecular weight is 256 g/mol. The first-order chi connectivity index (χ1) is 9.42. The van der Waals surface area contributed by atoms with Crippen molar-refractivity contribution in [2.75, 3.05) is 5.32 Å². The molecule has 1 heterocycles. The molecular formula is C15H20N4. The lowest BCUT2D eigenvalue weighted by atomic mass is 10.1. The first-order valence-electron chi connectivity index (χ1n) is 7.15. The third-order valence-electron chi connectivity index (χ3n) is 3.74. The van der Waals surface area contributed by atoms with Gasteiger partial charge in [0, 0.05) is 11.7 Å². The van der Waals surface area contributed by atoms with E-state index in [1.165, 1.54) is 44.2 Å². The predicted octanol–water partition coefficient (Wildman–Crippen LogP) is 3.40. The van der Waals surface area contributed by atoms with Crippen LogP contribution >= 0.6 is 0 Å². The van der Waals surface area contributed by atoms with Crippen LogP contribution in [0.3, 0.4) is 0 Å². The van der Waals surface area contributed by atoms with Gasteiger partial charge in [0.05, 0.1) is 18.1 Å². The number of rotatable bonds is 3. The van der Waals surface area contributed by atoms with Gasteiger partial charge in [-0.25, -0.2) is 0 Å². The van der Waals surface area contributed by atoms with Gasteiger partial charge in [-0.1, -0.05) is 25.7 Å². The Bertz CT molecular complexity index is 481. The van der Waals surface area contributed by atoms with Crippen molar-refractivity contribution in [1.29, 1.82) is 0 Å². The Kier molecular flexibility index (Phi) is 3.77. The standard InChI is InChI=1S/C15H20N4/c1-2-4-6-13(5-3-1)18-14-7-9-15(10-8-14)19-16-11-12-17-19/h7-13,18H,1-6H2. The first kappa shape index (κ1) is 12.2. The molecule has 0 aliphatic heterocycles. The van der Waals surface area contributed by atoms with Crippen molar-refractivity contribution in [3.8, 4) is 5.69 Å². The molecule has 0 spiro atoms. The lowest BCUT2D eigenvalue weighted by Crippen LogP contribution is -2.18. The highest BCUT2D eigenvalue weighted by Gasteiger charge is 2.11. The molecule has 1 aliphatic rings. The summed E-state index contributed by atoms with van der Waals surface area (Å²) in [6.07, 6.45) is 11.5. The largest absolute Gasteiger partial charge is 0.382 e. The van der Waals surface area contributed by atoms with Gasteiger partial charge in [-0.15, -0.1) is 0 Å². The molecule has 0 amide bonds. The van der Waals surface area contributed by atoms with Crippen LogP contribution in [-0.2, 0) is 0 Å². The molecule has 0 radical (unpaired) electrons. The van der Waals surface area contributed by atoms with Crippen molar-refractivity contribution in [3.63, 3.8) is 0 Å². The van der Waals surface area contributed by atoms with Gasteiger partial charge in [0.15, 0.2) is 0 Å². The van der Waals surface area contributed by atoms with Crippen molar-refractivity contribution in [2.24, 2.45) is 0 Å². The van der Waals surface area contributed by atoms with Crippen molar-refractivity contribution in [3.05, 3.63) is 36.7 Å². The molecule has 3 rings (SSSR count). The Morgan fingerprint density at radius 3 is 2.16 bits per heavy atom. The quantitative estimate of drug-likeness (QED) is 0.856. The third-order valence-corrected chi connectivity index (χ3v) is 3.74. The lowest BCUT2D eigenvalue weighted by Gasteiger charge is -2.17. The van der Waals surface area contributed by atoms with E-state index >= 15 is 0 Å². The van der Waals surface area contributed by atoms with Gasteiger partial charge in [-0.05, 0) is 37.1 Å². The first-order valence-corrected chi connectivity index (χ1v) is 7.15. The van der Waals surface area contributed by atoms with Gasteiger partial charge >= 0.3 is 0 Å². The molecule has 1 N–H and O–H groups in total. The molecular weight excluding hydrogens is 236 g/mol. The van der Waals surface area contributed by atoms with Crippen LogP contribution in [0, 0.1) is 0 Å². The molecule has 19 heavy (non-hydrogen) atoms. The van der Waals surface area contributed by atoms with Gasteiger partial charge < -0.3 is 5.32 Å². The van der Waals surface area contributed by atoms with Gasteiger partial charge in [0.2, 0.25) is 0 Å². The Morgan fingerprint density at radius 1 is 0.895 bits per heavy atom. The van der Waals surface area contributed by atoms with E-state index in [1.54, 1.807) is 17.2 Å². The van der Waals surface area contributed by atoms with Crippen molar-refractivity contribution in [2.45, 2.75) is 44.6 Å². The van der Waals surface area contributed by atoms with Crippen LogP contribution in [-0.4, -0.2) is 21.0 Å². The molecule has 1 aromatic heterocycles. The van der Waals surface area contributed by atoms with Crippen molar-refractivity contribution >= 4 is 5.69 Å². The van der Waals surface area contributed by atoms with Crippen molar-refractivity contribution < 1.29 is 0 Å². The van der Waals surface area contributed by atoms with Crippen LogP contribution in [0.4, 0.5) is 5.69 Å². The fourth-order valence-electron chi connectivity index (χ4n) is 2.70. The maximum atomic E-state index is 4.13. The minimum absolute atomic E-state index is 0.635. The summed E-state index contributed by atoms with van der Waals surface area (Å²) in [6.45, 7) is 0. The number of hydrogen-bond donors (Lipinski definition) is 1. The highest BCUT2D eigenvalue weighted by atomic mass is 15.5. The van der Waals surface area contributed by atoms with E-state index in [2.05, 4.69) is 39.8 Å². The normalized spacial score (nSPS) is 17.1. The summed E-state index contributed by atoms with van der Waals surface area (Å²) in [5.74, 6) is 0. The van der Waals surface area contributed by atoms with Crippen molar-refractivity contribution in [1.82, 2.24) is 15.0 Å². The maximum Gasteiger partial charge on any atom is 0.0858 e. The van der Waals surface area contributed by atoms with Gasteiger partial charge in [-0.2, -0.15) is 15.0 Å². The summed E-state index contributed by atoms with van der Waals surface area (Å²) in [6, 6.07) is 8.97. The molecule has 4 nitrogen and oxygen atoms in total. The molecule has 1 saturated carbocycles. The summed E-state index contributed by atoms with van der Waals surface area (Å²) in [5.41, 5.74) is 2.19. The zero-order valence-electron chi connectivity index (χ0n) is 11.1. The van der Waals surface area contributed by atoms with E-state index in [0.717, 1.165) is 5.69 Å². The van der Waals surface area contributed by atoms with Gasteiger partial charge in [0.1, 0.15) is 0 Å². The Balaban J connectivity index is 1.65. The zero-order chi connectivity index (χ0) is 12.9. The summed E-state index contributed by atoms with van der Waals surface area (Å²) >= 11 is 0. The molecule has 2 aromatic rings.